The lowest BCUT2D eigenvalue weighted by Gasteiger charge is -1.89. The molecule has 0 bridgehead atoms. The summed E-state index contributed by atoms with van der Waals surface area (Å²) in [6.45, 7) is 5.54. The minimum atomic E-state index is 0.00139. The second kappa shape index (κ2) is 7.26. The zero-order valence-electron chi connectivity index (χ0n) is 7.18. The molecular weight excluding hydrogens is 136 g/mol. The molecule has 0 aliphatic carbocycles. The molecule has 0 aliphatic rings. The number of carbonyl (C=O) groups excluding carboxylic acids is 1. The van der Waals surface area contributed by atoms with Gasteiger partial charge in [-0.3, -0.25) is 4.79 Å². The van der Waals surface area contributed by atoms with Crippen molar-refractivity contribution in [2.24, 2.45) is 0 Å². The molecule has 0 heterocycles. The van der Waals surface area contributed by atoms with Crippen molar-refractivity contribution in [1.82, 2.24) is 0 Å². The minimum Gasteiger partial charge on any atom is -0.290 e. The zero-order chi connectivity index (χ0) is 8.53. The highest BCUT2D eigenvalue weighted by Gasteiger charge is 1.85. The van der Waals surface area contributed by atoms with E-state index in [4.69, 9.17) is 0 Å². The Morgan fingerprint density at radius 2 is 2.18 bits per heavy atom. The Morgan fingerprint density at radius 3 is 2.73 bits per heavy atom. The number of hydrogen-bond donors (Lipinski definition) is 0. The highest BCUT2D eigenvalue weighted by atomic mass is 16.1. The molecule has 0 N–H and O–H groups in total. The van der Waals surface area contributed by atoms with E-state index >= 15 is 0 Å². The van der Waals surface area contributed by atoms with Crippen LogP contribution >= 0.6 is 0 Å². The lowest BCUT2D eigenvalue weighted by molar-refractivity contribution is -0.110. The molecule has 0 saturated heterocycles. The smallest absolute Gasteiger partial charge is 0.177 e. The number of hydrogen-bond acceptors (Lipinski definition) is 1. The highest BCUT2D eigenvalue weighted by Crippen LogP contribution is 1.99. The Kier molecular flexibility index (Phi) is 6.70. The summed E-state index contributed by atoms with van der Waals surface area (Å²) >= 11 is 0. The Balaban J connectivity index is 3.29. The number of carbonyl (C=O) groups is 1. The third kappa shape index (κ3) is 7.04. The largest absolute Gasteiger partial charge is 0.290 e. The van der Waals surface area contributed by atoms with E-state index in [1.165, 1.54) is 25.3 Å². The van der Waals surface area contributed by atoms with Crippen molar-refractivity contribution >= 4 is 5.78 Å². The van der Waals surface area contributed by atoms with Crippen LogP contribution in [0.3, 0.4) is 0 Å². The molecule has 0 unspecified atom stereocenters. The van der Waals surface area contributed by atoms with E-state index < -0.39 is 0 Å². The molecule has 0 spiro atoms. The number of allylic oxidation sites excluding steroid dienone is 3. The molecule has 0 fully saturated rings. The van der Waals surface area contributed by atoms with Crippen molar-refractivity contribution in [2.45, 2.75) is 32.6 Å². The molecule has 0 amide bonds. The molecule has 0 aromatic rings. The summed E-state index contributed by atoms with van der Waals surface area (Å²) in [4.78, 5) is 10.6. The molecule has 1 nitrogen and oxygen atoms in total. The van der Waals surface area contributed by atoms with E-state index in [1.54, 1.807) is 6.08 Å². The van der Waals surface area contributed by atoms with Crippen molar-refractivity contribution in [2.75, 3.05) is 0 Å². The molecule has 11 heavy (non-hydrogen) atoms. The van der Waals surface area contributed by atoms with E-state index in [0.29, 0.717) is 0 Å². The van der Waals surface area contributed by atoms with Gasteiger partial charge in [-0.05, 0) is 25.0 Å². The zero-order valence-corrected chi connectivity index (χ0v) is 7.18. The van der Waals surface area contributed by atoms with Gasteiger partial charge < -0.3 is 0 Å². The van der Waals surface area contributed by atoms with Crippen molar-refractivity contribution < 1.29 is 4.79 Å². The van der Waals surface area contributed by atoms with Crippen molar-refractivity contribution in [3.05, 3.63) is 24.8 Å². The van der Waals surface area contributed by atoms with Gasteiger partial charge in [0.05, 0.1) is 0 Å². The predicted octanol–water partition coefficient (Wildman–Crippen LogP) is 2.88. The van der Waals surface area contributed by atoms with Crippen LogP contribution in [0, 0.1) is 0 Å². The summed E-state index contributed by atoms with van der Waals surface area (Å²) < 4.78 is 0. The van der Waals surface area contributed by atoms with Crippen LogP contribution in [0.4, 0.5) is 0 Å². The minimum absolute atomic E-state index is 0.00139. The van der Waals surface area contributed by atoms with Gasteiger partial charge in [0.2, 0.25) is 0 Å². The summed E-state index contributed by atoms with van der Waals surface area (Å²) in [6.07, 6.45) is 9.49. The van der Waals surface area contributed by atoms with Crippen molar-refractivity contribution in [3.8, 4) is 0 Å². The first-order chi connectivity index (χ1) is 5.31. The molecule has 0 atom stereocenters. The summed E-state index contributed by atoms with van der Waals surface area (Å²) in [6, 6.07) is 0. The molecule has 1 heteroatoms. The molecule has 0 rings (SSSR count). The van der Waals surface area contributed by atoms with Crippen LogP contribution in [0.5, 0.6) is 0 Å². The first-order valence-electron chi connectivity index (χ1n) is 4.14. The number of ketones is 1. The van der Waals surface area contributed by atoms with Crippen LogP contribution in [0.1, 0.15) is 32.6 Å². The second-order valence-electron chi connectivity index (χ2n) is 2.50. The van der Waals surface area contributed by atoms with E-state index in [0.717, 1.165) is 6.42 Å². The van der Waals surface area contributed by atoms with Gasteiger partial charge in [-0.1, -0.05) is 32.4 Å². The van der Waals surface area contributed by atoms with Gasteiger partial charge >= 0.3 is 0 Å². The Bertz CT molecular complexity index is 145. The maximum atomic E-state index is 10.6. The maximum absolute atomic E-state index is 10.6. The topological polar surface area (TPSA) is 17.1 Å². The fraction of sp³-hybridized carbons (Fsp3) is 0.500. The predicted molar refractivity (Wildman–Crippen MR) is 48.5 cm³/mol. The molecule has 0 radical (unpaired) electrons. The van der Waals surface area contributed by atoms with E-state index in [1.807, 2.05) is 6.08 Å². The average molecular weight is 152 g/mol. The number of rotatable bonds is 6. The van der Waals surface area contributed by atoms with Crippen LogP contribution in [-0.2, 0) is 4.79 Å². The molecule has 0 saturated carbocycles. The maximum Gasteiger partial charge on any atom is 0.177 e. The third-order valence-corrected chi connectivity index (χ3v) is 1.46. The van der Waals surface area contributed by atoms with Crippen LogP contribution in [-0.4, -0.2) is 5.78 Å². The molecule has 62 valence electrons. The summed E-state index contributed by atoms with van der Waals surface area (Å²) in [7, 11) is 0. The fourth-order valence-corrected chi connectivity index (χ4v) is 0.780. The van der Waals surface area contributed by atoms with Gasteiger partial charge in [-0.2, -0.15) is 0 Å². The lowest BCUT2D eigenvalue weighted by atomic mass is 10.2. The monoisotopic (exact) mass is 152 g/mol. The molecular formula is C10H16O. The second-order valence-corrected chi connectivity index (χ2v) is 2.50. The van der Waals surface area contributed by atoms with Gasteiger partial charge in [-0.15, -0.1) is 0 Å². The quantitative estimate of drug-likeness (QED) is 0.422. The highest BCUT2D eigenvalue weighted by molar-refractivity contribution is 5.98. The molecule has 0 aliphatic heterocycles. The normalized spacial score (nSPS) is 10.3. The summed E-state index contributed by atoms with van der Waals surface area (Å²) in [5, 5.41) is 0. The third-order valence-electron chi connectivity index (χ3n) is 1.46. The van der Waals surface area contributed by atoms with E-state index in [2.05, 4.69) is 13.5 Å². The number of unbranched alkanes of at least 4 members (excludes halogenated alkanes) is 3. The van der Waals surface area contributed by atoms with Gasteiger partial charge in [-0.25, -0.2) is 0 Å². The fourth-order valence-electron chi connectivity index (χ4n) is 0.780. The van der Waals surface area contributed by atoms with Crippen molar-refractivity contribution in [3.63, 3.8) is 0 Å². The Hall–Kier alpha value is -0.850. The van der Waals surface area contributed by atoms with E-state index in [9.17, 15) is 4.79 Å². The molecule has 0 aromatic heterocycles. The van der Waals surface area contributed by atoms with Crippen LogP contribution in [0.25, 0.3) is 0 Å². The van der Waals surface area contributed by atoms with Crippen LogP contribution < -0.4 is 0 Å². The SMILES string of the molecule is C=CC(=O)C=CCCCCC. The average Bonchev–Trinajstić information content (AvgIpc) is 2.04. The Labute approximate surface area is 68.8 Å². The molecule has 0 aromatic carbocycles. The first-order valence-corrected chi connectivity index (χ1v) is 4.14. The standard InChI is InChI=1S/C10H16O/c1-3-5-6-7-8-9-10(11)4-2/h4,8-9H,2-3,5-7H2,1H3. The van der Waals surface area contributed by atoms with Gasteiger partial charge in [0.25, 0.3) is 0 Å². The van der Waals surface area contributed by atoms with Gasteiger partial charge in [0.1, 0.15) is 0 Å². The first kappa shape index (κ1) is 10.2. The van der Waals surface area contributed by atoms with Crippen molar-refractivity contribution in [1.29, 1.82) is 0 Å². The summed E-state index contributed by atoms with van der Waals surface area (Å²) in [5.74, 6) is 0.00139. The Morgan fingerprint density at radius 1 is 1.45 bits per heavy atom. The summed E-state index contributed by atoms with van der Waals surface area (Å²) in [5.41, 5.74) is 0. The lowest BCUT2D eigenvalue weighted by Crippen LogP contribution is -1.82. The van der Waals surface area contributed by atoms with Gasteiger partial charge in [0.15, 0.2) is 5.78 Å². The van der Waals surface area contributed by atoms with Crippen LogP contribution in [0.2, 0.25) is 0 Å². The van der Waals surface area contributed by atoms with E-state index in [-0.39, 0.29) is 5.78 Å². The van der Waals surface area contributed by atoms with Gasteiger partial charge in [0, 0.05) is 0 Å². The van der Waals surface area contributed by atoms with Crippen LogP contribution in [0.15, 0.2) is 24.8 Å².